The molecule has 1 aliphatic rings. The SMILES string of the molecule is C[C@@H]1CCCN(C(=O)CSc2nc(-c3cccs3)cc(C(F)(F)F)n2)C1. The molecule has 1 atom stereocenters. The van der Waals surface area contributed by atoms with E-state index >= 15 is 0 Å². The summed E-state index contributed by atoms with van der Waals surface area (Å²) in [5, 5.41) is 1.75. The van der Waals surface area contributed by atoms with Gasteiger partial charge in [0, 0.05) is 13.1 Å². The average Bonchev–Trinajstić information content (AvgIpc) is 3.13. The van der Waals surface area contributed by atoms with Crippen molar-refractivity contribution < 1.29 is 18.0 Å². The monoisotopic (exact) mass is 401 g/mol. The summed E-state index contributed by atoms with van der Waals surface area (Å²) in [5.74, 6) is 0.408. The summed E-state index contributed by atoms with van der Waals surface area (Å²) in [6.07, 6.45) is -2.51. The summed E-state index contributed by atoms with van der Waals surface area (Å²) in [6.45, 7) is 3.49. The Bertz CT molecular complexity index is 765. The Morgan fingerprint density at radius 3 is 2.88 bits per heavy atom. The van der Waals surface area contributed by atoms with Crippen molar-refractivity contribution in [2.75, 3.05) is 18.8 Å². The van der Waals surface area contributed by atoms with Crippen LogP contribution in [0.3, 0.4) is 0 Å². The van der Waals surface area contributed by atoms with Gasteiger partial charge in [0.1, 0.15) is 5.69 Å². The molecule has 2 aromatic rings. The number of halogens is 3. The molecule has 3 heterocycles. The van der Waals surface area contributed by atoms with E-state index in [1.807, 2.05) is 0 Å². The number of likely N-dealkylation sites (tertiary alicyclic amines) is 1. The van der Waals surface area contributed by atoms with Gasteiger partial charge in [-0.15, -0.1) is 11.3 Å². The van der Waals surface area contributed by atoms with Crippen molar-refractivity contribution in [1.82, 2.24) is 14.9 Å². The number of rotatable bonds is 4. The zero-order chi connectivity index (χ0) is 18.7. The molecule has 26 heavy (non-hydrogen) atoms. The molecule has 0 saturated carbocycles. The predicted octanol–water partition coefficient (Wildman–Crippen LogP) is 4.57. The van der Waals surface area contributed by atoms with E-state index < -0.39 is 11.9 Å². The molecule has 140 valence electrons. The van der Waals surface area contributed by atoms with Crippen molar-refractivity contribution in [2.45, 2.75) is 31.1 Å². The van der Waals surface area contributed by atoms with Gasteiger partial charge < -0.3 is 4.90 Å². The second kappa shape index (κ2) is 7.96. The zero-order valence-corrected chi connectivity index (χ0v) is 15.8. The van der Waals surface area contributed by atoms with Crippen LogP contribution in [0.25, 0.3) is 10.6 Å². The maximum atomic E-state index is 13.2. The van der Waals surface area contributed by atoms with Crippen molar-refractivity contribution in [2.24, 2.45) is 5.92 Å². The number of piperidine rings is 1. The topological polar surface area (TPSA) is 46.1 Å². The van der Waals surface area contributed by atoms with E-state index in [2.05, 4.69) is 16.9 Å². The highest BCUT2D eigenvalue weighted by molar-refractivity contribution is 7.99. The number of hydrogen-bond donors (Lipinski definition) is 0. The lowest BCUT2D eigenvalue weighted by atomic mass is 10.0. The average molecular weight is 401 g/mol. The van der Waals surface area contributed by atoms with Crippen LogP contribution in [0.1, 0.15) is 25.5 Å². The van der Waals surface area contributed by atoms with Gasteiger partial charge in [-0.05, 0) is 36.3 Å². The van der Waals surface area contributed by atoms with Crippen LogP contribution >= 0.6 is 23.1 Å². The molecule has 0 radical (unpaired) electrons. The summed E-state index contributed by atoms with van der Waals surface area (Å²) >= 11 is 2.27. The number of thiophene rings is 1. The lowest BCUT2D eigenvalue weighted by molar-refractivity contribution is -0.141. The molecule has 2 aromatic heterocycles. The predicted molar refractivity (Wildman–Crippen MR) is 96.0 cm³/mol. The van der Waals surface area contributed by atoms with Crippen molar-refractivity contribution >= 4 is 29.0 Å². The number of aromatic nitrogens is 2. The van der Waals surface area contributed by atoms with E-state index in [1.165, 1.54) is 11.3 Å². The third-order valence-corrected chi connectivity index (χ3v) is 5.83. The number of hydrogen-bond acceptors (Lipinski definition) is 5. The highest BCUT2D eigenvalue weighted by atomic mass is 32.2. The number of carbonyl (C=O) groups is 1. The molecule has 0 spiro atoms. The summed E-state index contributed by atoms with van der Waals surface area (Å²) < 4.78 is 39.5. The van der Waals surface area contributed by atoms with Crippen molar-refractivity contribution in [1.29, 1.82) is 0 Å². The van der Waals surface area contributed by atoms with Crippen LogP contribution in [0.4, 0.5) is 13.2 Å². The second-order valence-corrected chi connectivity index (χ2v) is 8.16. The standard InChI is InChI=1S/C17H18F3N3OS2/c1-11-4-2-6-23(9-11)15(24)10-26-16-21-12(13-5-3-7-25-13)8-14(22-16)17(18,19)20/h3,5,7-8,11H,2,4,6,9-10H2,1H3/t11-/m1/s1. The van der Waals surface area contributed by atoms with Crippen LogP contribution in [0.15, 0.2) is 28.7 Å². The number of thioether (sulfide) groups is 1. The molecule has 0 aromatic carbocycles. The van der Waals surface area contributed by atoms with E-state index in [4.69, 9.17) is 0 Å². The number of carbonyl (C=O) groups excluding carboxylic acids is 1. The first-order valence-corrected chi connectivity index (χ1v) is 10.1. The highest BCUT2D eigenvalue weighted by Crippen LogP contribution is 2.33. The number of alkyl halides is 3. The summed E-state index contributed by atoms with van der Waals surface area (Å²) in [6, 6.07) is 4.41. The fourth-order valence-corrected chi connectivity index (χ4v) is 4.27. The normalized spacial score (nSPS) is 18.2. The maximum absolute atomic E-state index is 13.2. The van der Waals surface area contributed by atoms with E-state index in [-0.39, 0.29) is 22.5 Å². The second-order valence-electron chi connectivity index (χ2n) is 6.27. The quantitative estimate of drug-likeness (QED) is 0.556. The molecule has 0 bridgehead atoms. The van der Waals surface area contributed by atoms with Gasteiger partial charge in [0.25, 0.3) is 0 Å². The van der Waals surface area contributed by atoms with Crippen LogP contribution in [0.2, 0.25) is 0 Å². The largest absolute Gasteiger partial charge is 0.433 e. The Hall–Kier alpha value is -1.61. The van der Waals surface area contributed by atoms with E-state index in [0.29, 0.717) is 23.9 Å². The fraction of sp³-hybridized carbons (Fsp3) is 0.471. The molecule has 0 unspecified atom stereocenters. The molecule has 0 N–H and O–H groups in total. The molecule has 4 nitrogen and oxygen atoms in total. The summed E-state index contributed by atoms with van der Waals surface area (Å²) in [5.41, 5.74) is -0.763. The van der Waals surface area contributed by atoms with Crippen LogP contribution in [0, 0.1) is 5.92 Å². The molecule has 9 heteroatoms. The van der Waals surface area contributed by atoms with Gasteiger partial charge >= 0.3 is 6.18 Å². The fourth-order valence-electron chi connectivity index (χ4n) is 2.82. The summed E-state index contributed by atoms with van der Waals surface area (Å²) in [7, 11) is 0. The minimum atomic E-state index is -4.56. The van der Waals surface area contributed by atoms with Crippen molar-refractivity contribution in [3.8, 4) is 10.6 Å². The lowest BCUT2D eigenvalue weighted by Crippen LogP contribution is -2.40. The third kappa shape index (κ3) is 4.76. The molecular formula is C17H18F3N3OS2. The van der Waals surface area contributed by atoms with Crippen molar-refractivity contribution in [3.63, 3.8) is 0 Å². The molecule has 1 fully saturated rings. The van der Waals surface area contributed by atoms with E-state index in [0.717, 1.165) is 30.7 Å². The smallest absolute Gasteiger partial charge is 0.342 e. The highest BCUT2D eigenvalue weighted by Gasteiger charge is 2.34. The van der Waals surface area contributed by atoms with Gasteiger partial charge in [0.05, 0.1) is 16.3 Å². The molecule has 1 amide bonds. The Morgan fingerprint density at radius 2 is 2.23 bits per heavy atom. The van der Waals surface area contributed by atoms with Crippen LogP contribution in [-0.2, 0) is 11.0 Å². The first-order valence-electron chi connectivity index (χ1n) is 8.23. The molecule has 1 aliphatic heterocycles. The first-order chi connectivity index (χ1) is 12.3. The molecule has 1 saturated heterocycles. The number of amides is 1. The minimum absolute atomic E-state index is 0.0263. The van der Waals surface area contributed by atoms with Crippen LogP contribution < -0.4 is 0 Å². The maximum Gasteiger partial charge on any atom is 0.433 e. The van der Waals surface area contributed by atoms with Crippen LogP contribution in [0.5, 0.6) is 0 Å². The Balaban J connectivity index is 1.76. The van der Waals surface area contributed by atoms with Crippen LogP contribution in [-0.4, -0.2) is 39.6 Å². The first kappa shape index (κ1) is 19.2. The van der Waals surface area contributed by atoms with E-state index in [9.17, 15) is 18.0 Å². The lowest BCUT2D eigenvalue weighted by Gasteiger charge is -2.30. The summed E-state index contributed by atoms with van der Waals surface area (Å²) in [4.78, 5) is 22.6. The Kier molecular flexibility index (Phi) is 5.86. The third-order valence-electron chi connectivity index (χ3n) is 4.10. The van der Waals surface area contributed by atoms with E-state index in [1.54, 1.807) is 22.4 Å². The Morgan fingerprint density at radius 1 is 1.42 bits per heavy atom. The zero-order valence-electron chi connectivity index (χ0n) is 14.1. The van der Waals surface area contributed by atoms with Gasteiger partial charge in [0.15, 0.2) is 5.16 Å². The van der Waals surface area contributed by atoms with Gasteiger partial charge in [-0.2, -0.15) is 13.2 Å². The Labute approximate surface area is 157 Å². The van der Waals surface area contributed by atoms with Crippen molar-refractivity contribution in [3.05, 3.63) is 29.3 Å². The molecule has 3 rings (SSSR count). The minimum Gasteiger partial charge on any atom is -0.342 e. The number of nitrogens with zero attached hydrogens (tertiary/aromatic N) is 3. The van der Waals surface area contributed by atoms with Gasteiger partial charge in [-0.1, -0.05) is 24.8 Å². The molecule has 0 aliphatic carbocycles. The van der Waals surface area contributed by atoms with Gasteiger partial charge in [-0.3, -0.25) is 4.79 Å². The van der Waals surface area contributed by atoms with Gasteiger partial charge in [0.2, 0.25) is 5.91 Å². The van der Waals surface area contributed by atoms with Gasteiger partial charge in [-0.25, -0.2) is 9.97 Å². The molecular weight excluding hydrogens is 383 g/mol.